The van der Waals surface area contributed by atoms with Crippen LogP contribution in [0.3, 0.4) is 0 Å². The van der Waals surface area contributed by atoms with E-state index in [-0.39, 0.29) is 10.5 Å². The third-order valence-electron chi connectivity index (χ3n) is 3.24. The minimum atomic E-state index is -3.45. The van der Waals surface area contributed by atoms with Crippen molar-refractivity contribution in [3.05, 3.63) is 65.2 Å². The van der Waals surface area contributed by atoms with Gasteiger partial charge in [-0.2, -0.15) is 0 Å². The van der Waals surface area contributed by atoms with Gasteiger partial charge >= 0.3 is 0 Å². The molecule has 7 heteroatoms. The number of halogens is 2. The van der Waals surface area contributed by atoms with E-state index in [2.05, 4.69) is 5.32 Å². The third-order valence-corrected chi connectivity index (χ3v) is 4.35. The van der Waals surface area contributed by atoms with Crippen molar-refractivity contribution < 1.29 is 22.0 Å². The standard InChI is InChI=1S/C16H15F2NO3S/c1-10(20)19-16(14-7-6-12(17)9-15(14)18)11-4-3-5-13(8-11)23(2,21)22/h3-9,16H,1-2H3,(H,19,20). The van der Waals surface area contributed by atoms with E-state index in [0.29, 0.717) is 11.6 Å². The molecule has 1 amide bonds. The molecular formula is C16H15F2NO3S. The highest BCUT2D eigenvalue weighted by Gasteiger charge is 2.21. The van der Waals surface area contributed by atoms with Gasteiger partial charge in [0.2, 0.25) is 5.91 Å². The zero-order valence-electron chi connectivity index (χ0n) is 12.5. The molecule has 4 nitrogen and oxygen atoms in total. The van der Waals surface area contributed by atoms with Crippen molar-refractivity contribution in [2.24, 2.45) is 0 Å². The molecule has 1 unspecified atom stereocenters. The molecule has 0 bridgehead atoms. The summed E-state index contributed by atoms with van der Waals surface area (Å²) in [6.07, 6.45) is 1.05. The Morgan fingerprint density at radius 3 is 2.39 bits per heavy atom. The minimum Gasteiger partial charge on any atom is -0.345 e. The maximum Gasteiger partial charge on any atom is 0.217 e. The average molecular weight is 339 g/mol. The topological polar surface area (TPSA) is 63.2 Å². The number of rotatable bonds is 4. The summed E-state index contributed by atoms with van der Waals surface area (Å²) < 4.78 is 50.5. The highest BCUT2D eigenvalue weighted by molar-refractivity contribution is 7.90. The number of carbonyl (C=O) groups is 1. The van der Waals surface area contributed by atoms with Crippen LogP contribution in [0.4, 0.5) is 8.78 Å². The van der Waals surface area contributed by atoms with Gasteiger partial charge in [-0.05, 0) is 23.8 Å². The molecule has 0 heterocycles. The largest absolute Gasteiger partial charge is 0.345 e. The maximum absolute atomic E-state index is 14.1. The molecule has 0 saturated carbocycles. The van der Waals surface area contributed by atoms with Crippen molar-refractivity contribution in [2.45, 2.75) is 17.9 Å². The first-order chi connectivity index (χ1) is 10.7. The number of benzene rings is 2. The number of hydrogen-bond acceptors (Lipinski definition) is 3. The molecule has 23 heavy (non-hydrogen) atoms. The predicted molar refractivity (Wildman–Crippen MR) is 81.6 cm³/mol. The van der Waals surface area contributed by atoms with Gasteiger partial charge in [0.05, 0.1) is 10.9 Å². The van der Waals surface area contributed by atoms with Gasteiger partial charge in [-0.25, -0.2) is 17.2 Å². The molecule has 0 aromatic heterocycles. The van der Waals surface area contributed by atoms with Crippen molar-refractivity contribution in [1.82, 2.24) is 5.32 Å². The molecule has 1 atom stereocenters. The molecule has 0 fully saturated rings. The predicted octanol–water partition coefficient (Wildman–Crippen LogP) is 2.59. The number of sulfone groups is 1. The van der Waals surface area contributed by atoms with E-state index in [0.717, 1.165) is 12.3 Å². The summed E-state index contributed by atoms with van der Waals surface area (Å²) in [4.78, 5) is 11.5. The van der Waals surface area contributed by atoms with Crippen LogP contribution in [0.1, 0.15) is 24.1 Å². The molecule has 2 aromatic rings. The Kier molecular flexibility index (Phi) is 4.79. The molecular weight excluding hydrogens is 324 g/mol. The van der Waals surface area contributed by atoms with Crippen LogP contribution < -0.4 is 5.32 Å². The number of hydrogen-bond donors (Lipinski definition) is 1. The summed E-state index contributed by atoms with van der Waals surface area (Å²) in [6, 6.07) is 7.93. The van der Waals surface area contributed by atoms with E-state index >= 15 is 0 Å². The van der Waals surface area contributed by atoms with E-state index in [9.17, 15) is 22.0 Å². The summed E-state index contributed by atoms with van der Waals surface area (Å²) in [5, 5.41) is 2.56. The first kappa shape index (κ1) is 17.1. The SMILES string of the molecule is CC(=O)NC(c1cccc(S(C)(=O)=O)c1)c1ccc(F)cc1F. The van der Waals surface area contributed by atoms with Crippen LogP contribution in [0.15, 0.2) is 47.4 Å². The lowest BCUT2D eigenvalue weighted by molar-refractivity contribution is -0.119. The summed E-state index contributed by atoms with van der Waals surface area (Å²) in [5.41, 5.74) is 0.431. The summed E-state index contributed by atoms with van der Waals surface area (Å²) in [5.74, 6) is -1.99. The Morgan fingerprint density at radius 1 is 1.13 bits per heavy atom. The van der Waals surface area contributed by atoms with Crippen molar-refractivity contribution in [3.63, 3.8) is 0 Å². The van der Waals surface area contributed by atoms with E-state index in [4.69, 9.17) is 0 Å². The van der Waals surface area contributed by atoms with Crippen LogP contribution in [-0.4, -0.2) is 20.6 Å². The molecule has 0 spiro atoms. The maximum atomic E-state index is 14.1. The van der Waals surface area contributed by atoms with Gasteiger partial charge in [0.15, 0.2) is 9.84 Å². The average Bonchev–Trinajstić information content (AvgIpc) is 2.44. The fourth-order valence-electron chi connectivity index (χ4n) is 2.20. The first-order valence-electron chi connectivity index (χ1n) is 6.70. The van der Waals surface area contributed by atoms with Crippen molar-refractivity contribution in [3.8, 4) is 0 Å². The van der Waals surface area contributed by atoms with Crippen LogP contribution in [0.2, 0.25) is 0 Å². The molecule has 2 aromatic carbocycles. The Morgan fingerprint density at radius 2 is 1.83 bits per heavy atom. The van der Waals surface area contributed by atoms with E-state index < -0.39 is 33.4 Å². The zero-order chi connectivity index (χ0) is 17.2. The highest BCUT2D eigenvalue weighted by Crippen LogP contribution is 2.26. The van der Waals surface area contributed by atoms with E-state index in [1.807, 2.05) is 0 Å². The second-order valence-electron chi connectivity index (χ2n) is 5.14. The van der Waals surface area contributed by atoms with Crippen LogP contribution in [-0.2, 0) is 14.6 Å². The van der Waals surface area contributed by atoms with Crippen molar-refractivity contribution >= 4 is 15.7 Å². The minimum absolute atomic E-state index is 0.0484. The molecule has 122 valence electrons. The monoisotopic (exact) mass is 339 g/mol. The lowest BCUT2D eigenvalue weighted by Gasteiger charge is -2.20. The lowest BCUT2D eigenvalue weighted by Crippen LogP contribution is -2.27. The fourth-order valence-corrected chi connectivity index (χ4v) is 2.88. The number of carbonyl (C=O) groups excluding carboxylic acids is 1. The molecule has 0 aliphatic heterocycles. The van der Waals surface area contributed by atoms with Gasteiger partial charge in [0, 0.05) is 24.8 Å². The smallest absolute Gasteiger partial charge is 0.217 e. The molecule has 0 saturated heterocycles. The Bertz CT molecular complexity index is 850. The first-order valence-corrected chi connectivity index (χ1v) is 8.59. The van der Waals surface area contributed by atoms with Crippen LogP contribution in [0.5, 0.6) is 0 Å². The van der Waals surface area contributed by atoms with Crippen molar-refractivity contribution in [1.29, 1.82) is 0 Å². The molecule has 2 rings (SSSR count). The second kappa shape index (κ2) is 6.45. The van der Waals surface area contributed by atoms with Gasteiger partial charge < -0.3 is 5.32 Å². The van der Waals surface area contributed by atoms with Crippen LogP contribution >= 0.6 is 0 Å². The van der Waals surface area contributed by atoms with Crippen LogP contribution in [0.25, 0.3) is 0 Å². The fraction of sp³-hybridized carbons (Fsp3) is 0.188. The normalized spacial score (nSPS) is 12.7. The van der Waals surface area contributed by atoms with Gasteiger partial charge in [-0.3, -0.25) is 4.79 Å². The zero-order valence-corrected chi connectivity index (χ0v) is 13.3. The Hall–Kier alpha value is -2.28. The van der Waals surface area contributed by atoms with Crippen molar-refractivity contribution in [2.75, 3.05) is 6.26 Å². The molecule has 1 N–H and O–H groups in total. The molecule has 0 radical (unpaired) electrons. The Labute approximate surface area is 133 Å². The molecule has 0 aliphatic rings. The van der Waals surface area contributed by atoms with Crippen LogP contribution in [0, 0.1) is 11.6 Å². The number of nitrogens with one attached hydrogen (secondary N) is 1. The second-order valence-corrected chi connectivity index (χ2v) is 7.16. The highest BCUT2D eigenvalue weighted by atomic mass is 32.2. The van der Waals surface area contributed by atoms with Gasteiger partial charge in [0.25, 0.3) is 0 Å². The molecule has 0 aliphatic carbocycles. The van der Waals surface area contributed by atoms with Gasteiger partial charge in [0.1, 0.15) is 11.6 Å². The van der Waals surface area contributed by atoms with E-state index in [1.165, 1.54) is 31.2 Å². The number of amides is 1. The van der Waals surface area contributed by atoms with E-state index in [1.54, 1.807) is 6.07 Å². The third kappa shape index (κ3) is 4.13. The Balaban J connectivity index is 2.57. The summed E-state index contributed by atoms with van der Waals surface area (Å²) in [6.45, 7) is 1.26. The summed E-state index contributed by atoms with van der Waals surface area (Å²) in [7, 11) is -3.45. The van der Waals surface area contributed by atoms with Gasteiger partial charge in [-0.1, -0.05) is 18.2 Å². The lowest BCUT2D eigenvalue weighted by atomic mass is 9.98. The summed E-state index contributed by atoms with van der Waals surface area (Å²) >= 11 is 0. The van der Waals surface area contributed by atoms with Gasteiger partial charge in [-0.15, -0.1) is 0 Å². The quantitative estimate of drug-likeness (QED) is 0.931.